The van der Waals surface area contributed by atoms with Gasteiger partial charge < -0.3 is 13.7 Å². The fourth-order valence-corrected chi connectivity index (χ4v) is 3.42. The predicted molar refractivity (Wildman–Crippen MR) is 91.7 cm³/mol. The number of thiazole rings is 1. The molecule has 0 saturated carbocycles. The van der Waals surface area contributed by atoms with Crippen molar-refractivity contribution in [1.29, 1.82) is 0 Å². The molecule has 2 heterocycles. The van der Waals surface area contributed by atoms with E-state index in [1.54, 1.807) is 4.57 Å². The first-order chi connectivity index (χ1) is 12.9. The van der Waals surface area contributed by atoms with Crippen LogP contribution < -0.4 is 4.80 Å². The highest BCUT2D eigenvalue weighted by Crippen LogP contribution is 2.20. The lowest BCUT2D eigenvalue weighted by Gasteiger charge is -2.04. The summed E-state index contributed by atoms with van der Waals surface area (Å²) in [6, 6.07) is 6.25. The number of aryl methyl sites for hydroxylation is 1. The zero-order valence-electron chi connectivity index (χ0n) is 13.9. The number of methoxy groups -OCH3 is 1. The molecule has 27 heavy (non-hydrogen) atoms. The molecular weight excluding hydrogens is 381 g/mol. The molecule has 1 amide bonds. The van der Waals surface area contributed by atoms with Gasteiger partial charge in [0, 0.05) is 6.54 Å². The Balaban J connectivity index is 2.05. The maximum absolute atomic E-state index is 13.5. The highest BCUT2D eigenvalue weighted by molar-refractivity contribution is 7.16. The van der Waals surface area contributed by atoms with Crippen LogP contribution in [0.15, 0.2) is 39.7 Å². The summed E-state index contributed by atoms with van der Waals surface area (Å²) in [5.74, 6) is -2.62. The smallest absolute Gasteiger partial charge is 0.433 e. The Morgan fingerprint density at radius 1 is 1.37 bits per heavy atom. The molecule has 0 N–H and O–H groups in total. The van der Waals surface area contributed by atoms with Crippen LogP contribution >= 0.6 is 11.3 Å². The molecule has 0 unspecified atom stereocenters. The standard InChI is InChI=1S/C16H12FN3O6S/c1-25-14(21)6-7-19-10-3-2-9(17)8-12(10)27-16(19)18-15(22)11-4-5-13(26-11)20(23)24/h2-5,8H,6-7H2,1H3. The molecule has 0 bridgehead atoms. The van der Waals surface area contributed by atoms with Crippen molar-refractivity contribution in [2.45, 2.75) is 13.0 Å². The summed E-state index contributed by atoms with van der Waals surface area (Å²) < 4.78 is 25.1. The van der Waals surface area contributed by atoms with E-state index in [1.165, 1.54) is 25.3 Å². The number of esters is 1. The first kappa shape index (κ1) is 18.5. The van der Waals surface area contributed by atoms with Crippen molar-refractivity contribution in [3.8, 4) is 0 Å². The second-order valence-electron chi connectivity index (χ2n) is 5.29. The first-order valence-electron chi connectivity index (χ1n) is 7.58. The van der Waals surface area contributed by atoms with Crippen molar-refractivity contribution in [2.24, 2.45) is 4.99 Å². The second-order valence-corrected chi connectivity index (χ2v) is 6.30. The number of carbonyl (C=O) groups excluding carboxylic acids is 2. The summed E-state index contributed by atoms with van der Waals surface area (Å²) in [5, 5.41) is 10.7. The third-order valence-electron chi connectivity index (χ3n) is 3.59. The maximum atomic E-state index is 13.5. The molecule has 2 aromatic heterocycles. The summed E-state index contributed by atoms with van der Waals surface area (Å²) in [6.45, 7) is 0.155. The molecule has 11 heteroatoms. The highest BCUT2D eigenvalue weighted by atomic mass is 32.1. The van der Waals surface area contributed by atoms with Gasteiger partial charge in [0.1, 0.15) is 10.7 Å². The Morgan fingerprint density at radius 2 is 2.15 bits per heavy atom. The molecule has 0 fully saturated rings. The number of furan rings is 1. The maximum Gasteiger partial charge on any atom is 0.433 e. The van der Waals surface area contributed by atoms with Gasteiger partial charge in [-0.3, -0.25) is 19.7 Å². The Bertz CT molecular complexity index is 1110. The van der Waals surface area contributed by atoms with Gasteiger partial charge in [0.05, 0.1) is 29.8 Å². The summed E-state index contributed by atoms with van der Waals surface area (Å²) in [4.78, 5) is 37.8. The fraction of sp³-hybridized carbons (Fsp3) is 0.188. The van der Waals surface area contributed by atoms with E-state index in [2.05, 4.69) is 9.73 Å². The molecule has 3 aromatic rings. The Morgan fingerprint density at radius 3 is 2.81 bits per heavy atom. The van der Waals surface area contributed by atoms with Crippen LogP contribution in [0.25, 0.3) is 10.2 Å². The minimum Gasteiger partial charge on any atom is -0.469 e. The molecule has 9 nitrogen and oxygen atoms in total. The Labute approximate surface area is 154 Å². The molecule has 0 saturated heterocycles. The van der Waals surface area contributed by atoms with E-state index in [4.69, 9.17) is 4.42 Å². The van der Waals surface area contributed by atoms with Gasteiger partial charge in [-0.2, -0.15) is 4.99 Å². The van der Waals surface area contributed by atoms with E-state index in [1.807, 2.05) is 0 Å². The SMILES string of the molecule is COC(=O)CCn1c(=NC(=O)c2ccc([N+](=O)[O-])o2)sc2cc(F)ccc21. The number of aromatic nitrogens is 1. The van der Waals surface area contributed by atoms with Crippen molar-refractivity contribution in [2.75, 3.05) is 7.11 Å². The van der Waals surface area contributed by atoms with Crippen molar-refractivity contribution >= 4 is 39.3 Å². The summed E-state index contributed by atoms with van der Waals surface area (Å²) >= 11 is 1.04. The van der Waals surface area contributed by atoms with Crippen LogP contribution in [-0.4, -0.2) is 28.5 Å². The van der Waals surface area contributed by atoms with Crippen molar-refractivity contribution in [3.63, 3.8) is 0 Å². The molecule has 0 spiro atoms. The number of carbonyl (C=O) groups is 2. The summed E-state index contributed by atoms with van der Waals surface area (Å²) in [7, 11) is 1.26. The molecule has 0 aliphatic heterocycles. The van der Waals surface area contributed by atoms with Crippen molar-refractivity contribution < 1.29 is 28.1 Å². The number of hydrogen-bond acceptors (Lipinski definition) is 7. The molecule has 0 radical (unpaired) electrons. The minimum absolute atomic E-state index is 0.0211. The number of fused-ring (bicyclic) bond motifs is 1. The van der Waals surface area contributed by atoms with Crippen molar-refractivity contribution in [3.05, 3.63) is 56.8 Å². The van der Waals surface area contributed by atoms with Crippen LogP contribution in [0.4, 0.5) is 10.3 Å². The number of ether oxygens (including phenoxy) is 1. The van der Waals surface area contributed by atoms with Gasteiger partial charge in [-0.15, -0.1) is 0 Å². The summed E-state index contributed by atoms with van der Waals surface area (Å²) in [6.07, 6.45) is 0.0211. The molecule has 0 aliphatic carbocycles. The number of halogens is 1. The lowest BCUT2D eigenvalue weighted by molar-refractivity contribution is -0.402. The number of rotatable bonds is 5. The average molecular weight is 393 g/mol. The van der Waals surface area contributed by atoms with Crippen LogP contribution in [0.2, 0.25) is 0 Å². The predicted octanol–water partition coefficient (Wildman–Crippen LogP) is 2.65. The van der Waals surface area contributed by atoms with Crippen LogP contribution in [-0.2, 0) is 16.1 Å². The zero-order chi connectivity index (χ0) is 19.6. The Kier molecular flexibility index (Phi) is 5.12. The number of nitro groups is 1. The second kappa shape index (κ2) is 7.50. The van der Waals surface area contributed by atoms with E-state index in [0.717, 1.165) is 23.5 Å². The van der Waals surface area contributed by atoms with Gasteiger partial charge >= 0.3 is 17.8 Å². The molecule has 3 rings (SSSR count). The monoisotopic (exact) mass is 393 g/mol. The van der Waals surface area contributed by atoms with E-state index in [0.29, 0.717) is 10.2 Å². The normalized spacial score (nSPS) is 11.7. The molecular formula is C16H12FN3O6S. The van der Waals surface area contributed by atoms with Crippen LogP contribution in [0.3, 0.4) is 0 Å². The van der Waals surface area contributed by atoms with E-state index in [-0.39, 0.29) is 23.5 Å². The van der Waals surface area contributed by atoms with E-state index >= 15 is 0 Å². The summed E-state index contributed by atoms with van der Waals surface area (Å²) in [5.41, 5.74) is 0.585. The van der Waals surface area contributed by atoms with E-state index in [9.17, 15) is 24.1 Å². The van der Waals surface area contributed by atoms with Gasteiger partial charge in [0.15, 0.2) is 4.80 Å². The highest BCUT2D eigenvalue weighted by Gasteiger charge is 2.18. The lowest BCUT2D eigenvalue weighted by Crippen LogP contribution is -2.19. The van der Waals surface area contributed by atoms with Gasteiger partial charge in [-0.05, 0) is 24.3 Å². The minimum atomic E-state index is -0.832. The molecule has 0 atom stereocenters. The lowest BCUT2D eigenvalue weighted by atomic mass is 10.3. The first-order valence-corrected chi connectivity index (χ1v) is 8.39. The third kappa shape index (κ3) is 3.92. The van der Waals surface area contributed by atoms with Gasteiger partial charge in [0.2, 0.25) is 5.76 Å². The fourth-order valence-electron chi connectivity index (χ4n) is 2.34. The zero-order valence-corrected chi connectivity index (χ0v) is 14.7. The molecule has 1 aromatic carbocycles. The quantitative estimate of drug-likeness (QED) is 0.374. The number of amides is 1. The average Bonchev–Trinajstić information content (AvgIpc) is 3.24. The molecule has 0 aliphatic rings. The van der Waals surface area contributed by atoms with Crippen molar-refractivity contribution in [1.82, 2.24) is 4.57 Å². The van der Waals surface area contributed by atoms with Gasteiger partial charge in [-0.1, -0.05) is 11.3 Å². The van der Waals surface area contributed by atoms with Gasteiger partial charge in [-0.25, -0.2) is 4.39 Å². The van der Waals surface area contributed by atoms with Crippen LogP contribution in [0, 0.1) is 15.9 Å². The Hall–Kier alpha value is -3.34. The largest absolute Gasteiger partial charge is 0.469 e. The van der Waals surface area contributed by atoms with Gasteiger partial charge in [0.25, 0.3) is 0 Å². The number of hydrogen-bond donors (Lipinski definition) is 0. The topological polar surface area (TPSA) is 117 Å². The van der Waals surface area contributed by atoms with E-state index < -0.39 is 28.5 Å². The number of benzene rings is 1. The van der Waals surface area contributed by atoms with Crippen LogP contribution in [0.1, 0.15) is 17.0 Å². The van der Waals surface area contributed by atoms with Crippen LogP contribution in [0.5, 0.6) is 0 Å². The number of nitrogens with zero attached hydrogens (tertiary/aromatic N) is 3. The molecule has 140 valence electrons. The third-order valence-corrected chi connectivity index (χ3v) is 4.63.